The second-order valence-corrected chi connectivity index (χ2v) is 8.31. The van der Waals surface area contributed by atoms with E-state index in [-0.39, 0.29) is 0 Å². The summed E-state index contributed by atoms with van der Waals surface area (Å²) in [5.74, 6) is 0. The Morgan fingerprint density at radius 2 is 1.95 bits per heavy atom. The zero-order valence-electron chi connectivity index (χ0n) is 10.2. The second-order valence-electron chi connectivity index (χ2n) is 4.01. The van der Waals surface area contributed by atoms with E-state index in [1.165, 1.54) is 4.88 Å². The predicted molar refractivity (Wildman–Crippen MR) is 84.3 cm³/mol. The first-order chi connectivity index (χ1) is 8.92. The van der Waals surface area contributed by atoms with E-state index in [0.717, 1.165) is 15.7 Å². The van der Waals surface area contributed by atoms with Gasteiger partial charge in [-0.15, -0.1) is 11.3 Å². The Balaban J connectivity index is 2.03. The molecule has 4 nitrogen and oxygen atoms in total. The summed E-state index contributed by atoms with van der Waals surface area (Å²) in [4.78, 5) is 1.20. The molecule has 0 fully saturated rings. The monoisotopic (exact) mass is 360 g/mol. The second kappa shape index (κ2) is 5.94. The number of nitrogens with one attached hydrogen (secondary N) is 2. The molecule has 2 N–H and O–H groups in total. The molecular weight excluding hydrogens is 348 g/mol. The Morgan fingerprint density at radius 3 is 2.58 bits per heavy atom. The number of hydrogen-bond acceptors (Lipinski definition) is 4. The maximum absolute atomic E-state index is 11.2. The molecule has 0 bridgehead atoms. The van der Waals surface area contributed by atoms with E-state index < -0.39 is 10.0 Å². The van der Waals surface area contributed by atoms with E-state index in [4.69, 9.17) is 0 Å². The van der Waals surface area contributed by atoms with Gasteiger partial charge in [0.1, 0.15) is 0 Å². The smallest absolute Gasteiger partial charge is 0.229 e. The molecular formula is C12H13BrN2O2S2. The quantitative estimate of drug-likeness (QED) is 0.857. The normalized spacial score (nSPS) is 11.3. The summed E-state index contributed by atoms with van der Waals surface area (Å²) in [5, 5.41) is 3.26. The zero-order valence-corrected chi connectivity index (χ0v) is 13.4. The molecule has 0 aliphatic carbocycles. The molecule has 0 atom stereocenters. The maximum Gasteiger partial charge on any atom is 0.229 e. The third kappa shape index (κ3) is 4.85. The van der Waals surface area contributed by atoms with Crippen LogP contribution in [0.25, 0.3) is 0 Å². The van der Waals surface area contributed by atoms with Gasteiger partial charge < -0.3 is 5.32 Å². The minimum absolute atomic E-state index is 0.555. The predicted octanol–water partition coefficient (Wildman–Crippen LogP) is 3.49. The van der Waals surface area contributed by atoms with Gasteiger partial charge in [0.25, 0.3) is 0 Å². The van der Waals surface area contributed by atoms with Crippen molar-refractivity contribution >= 4 is 48.7 Å². The largest absolute Gasteiger partial charge is 0.380 e. The van der Waals surface area contributed by atoms with Gasteiger partial charge in [-0.2, -0.15) is 0 Å². The average Bonchev–Trinajstić information content (AvgIpc) is 2.71. The van der Waals surface area contributed by atoms with Gasteiger partial charge in [0.15, 0.2) is 0 Å². The number of thiophene rings is 1. The lowest BCUT2D eigenvalue weighted by molar-refractivity contribution is 0.607. The summed E-state index contributed by atoms with van der Waals surface area (Å²) in [6.45, 7) is 0.707. The Bertz CT molecular complexity index is 668. The van der Waals surface area contributed by atoms with Gasteiger partial charge in [-0.3, -0.25) is 4.72 Å². The van der Waals surface area contributed by atoms with Crippen LogP contribution in [0, 0.1) is 0 Å². The van der Waals surface area contributed by atoms with E-state index >= 15 is 0 Å². The summed E-state index contributed by atoms with van der Waals surface area (Å²) in [7, 11) is -3.24. The van der Waals surface area contributed by atoms with Crippen LogP contribution in [0.1, 0.15) is 4.88 Å². The fourth-order valence-corrected chi connectivity index (χ4v) is 3.52. The number of hydrogen-bond donors (Lipinski definition) is 2. The molecule has 1 aromatic carbocycles. The molecule has 7 heteroatoms. The highest BCUT2D eigenvalue weighted by Gasteiger charge is 2.03. The van der Waals surface area contributed by atoms with Gasteiger partial charge >= 0.3 is 0 Å². The minimum atomic E-state index is -3.24. The maximum atomic E-state index is 11.2. The van der Waals surface area contributed by atoms with Gasteiger partial charge in [-0.05, 0) is 46.3 Å². The molecule has 0 aliphatic heterocycles. The van der Waals surface area contributed by atoms with Crippen LogP contribution in [-0.2, 0) is 16.6 Å². The number of benzene rings is 1. The molecule has 2 rings (SSSR count). The summed E-state index contributed by atoms with van der Waals surface area (Å²) in [5.41, 5.74) is 1.43. The topological polar surface area (TPSA) is 58.2 Å². The Hall–Kier alpha value is -1.05. The average molecular weight is 361 g/mol. The van der Waals surface area contributed by atoms with Crippen molar-refractivity contribution in [2.75, 3.05) is 16.3 Å². The number of sulfonamides is 1. The third-order valence-electron chi connectivity index (χ3n) is 2.26. The first kappa shape index (κ1) is 14.4. The Kier molecular flexibility index (Phi) is 4.49. The lowest BCUT2D eigenvalue weighted by Gasteiger charge is -2.08. The van der Waals surface area contributed by atoms with Crippen molar-refractivity contribution in [3.05, 3.63) is 45.1 Å². The lowest BCUT2D eigenvalue weighted by Crippen LogP contribution is -2.09. The van der Waals surface area contributed by atoms with Crippen LogP contribution in [0.5, 0.6) is 0 Å². The van der Waals surface area contributed by atoms with Crippen LogP contribution in [0.15, 0.2) is 40.2 Å². The van der Waals surface area contributed by atoms with Gasteiger partial charge in [0.05, 0.1) is 15.7 Å². The van der Waals surface area contributed by atoms with Crippen molar-refractivity contribution in [3.8, 4) is 0 Å². The molecule has 0 amide bonds. The first-order valence-electron chi connectivity index (χ1n) is 5.48. The van der Waals surface area contributed by atoms with Crippen LogP contribution in [-0.4, -0.2) is 14.7 Å². The Morgan fingerprint density at radius 1 is 1.21 bits per heavy atom. The molecule has 0 saturated carbocycles. The highest BCUT2D eigenvalue weighted by atomic mass is 79.9. The van der Waals surface area contributed by atoms with E-state index in [1.807, 2.05) is 18.2 Å². The highest BCUT2D eigenvalue weighted by Crippen LogP contribution is 2.23. The SMILES string of the molecule is CS(=O)(=O)Nc1cccc(NCc2ccc(Br)s2)c1. The van der Waals surface area contributed by atoms with Crippen molar-refractivity contribution in [2.45, 2.75) is 6.54 Å². The van der Waals surface area contributed by atoms with Crippen LogP contribution in [0.3, 0.4) is 0 Å². The van der Waals surface area contributed by atoms with Crippen molar-refractivity contribution in [3.63, 3.8) is 0 Å². The number of anilines is 2. The molecule has 1 heterocycles. The standard InChI is InChI=1S/C12H13BrN2O2S2/c1-19(16,17)15-10-4-2-3-9(7-10)14-8-11-5-6-12(13)18-11/h2-7,14-15H,8H2,1H3. The van der Waals surface area contributed by atoms with E-state index in [9.17, 15) is 8.42 Å². The van der Waals surface area contributed by atoms with Crippen LogP contribution in [0.4, 0.5) is 11.4 Å². The van der Waals surface area contributed by atoms with E-state index in [1.54, 1.807) is 29.5 Å². The van der Waals surface area contributed by atoms with Crippen LogP contribution in [0.2, 0.25) is 0 Å². The molecule has 0 unspecified atom stereocenters. The molecule has 0 saturated heterocycles. The van der Waals surface area contributed by atoms with Gasteiger partial charge in [-0.1, -0.05) is 6.07 Å². The van der Waals surface area contributed by atoms with Crippen molar-refractivity contribution < 1.29 is 8.42 Å². The first-order valence-corrected chi connectivity index (χ1v) is 8.98. The molecule has 0 radical (unpaired) electrons. The van der Waals surface area contributed by atoms with Crippen molar-refractivity contribution in [2.24, 2.45) is 0 Å². The van der Waals surface area contributed by atoms with E-state index in [2.05, 4.69) is 26.0 Å². The summed E-state index contributed by atoms with van der Waals surface area (Å²) < 4.78 is 25.9. The molecule has 0 spiro atoms. The highest BCUT2D eigenvalue weighted by molar-refractivity contribution is 9.11. The number of rotatable bonds is 5. The fraction of sp³-hybridized carbons (Fsp3) is 0.167. The molecule has 102 valence electrons. The number of halogens is 1. The lowest BCUT2D eigenvalue weighted by atomic mass is 10.3. The van der Waals surface area contributed by atoms with Gasteiger partial charge in [0, 0.05) is 17.1 Å². The fourth-order valence-electron chi connectivity index (χ4n) is 1.54. The zero-order chi connectivity index (χ0) is 13.9. The molecule has 0 aliphatic rings. The van der Waals surface area contributed by atoms with Crippen molar-refractivity contribution in [1.29, 1.82) is 0 Å². The third-order valence-corrected chi connectivity index (χ3v) is 4.49. The summed E-state index contributed by atoms with van der Waals surface area (Å²) >= 11 is 5.08. The van der Waals surface area contributed by atoms with Crippen LogP contribution < -0.4 is 10.0 Å². The minimum Gasteiger partial charge on any atom is -0.380 e. The molecule has 19 heavy (non-hydrogen) atoms. The molecule has 2 aromatic rings. The molecule has 1 aromatic heterocycles. The van der Waals surface area contributed by atoms with Gasteiger partial charge in [-0.25, -0.2) is 8.42 Å². The van der Waals surface area contributed by atoms with Crippen molar-refractivity contribution in [1.82, 2.24) is 0 Å². The Labute approximate surface area is 125 Å². The van der Waals surface area contributed by atoms with Crippen LogP contribution >= 0.6 is 27.3 Å². The van der Waals surface area contributed by atoms with Gasteiger partial charge in [0.2, 0.25) is 10.0 Å². The summed E-state index contributed by atoms with van der Waals surface area (Å²) in [6.07, 6.45) is 1.14. The van der Waals surface area contributed by atoms with E-state index in [0.29, 0.717) is 12.2 Å². The summed E-state index contributed by atoms with van der Waals surface area (Å²) in [6, 6.07) is 11.2.